The lowest BCUT2D eigenvalue weighted by molar-refractivity contribution is -0.908. The third-order valence-corrected chi connectivity index (χ3v) is 6.82. The van der Waals surface area contributed by atoms with Crippen LogP contribution in [-0.2, 0) is 0 Å². The topological polar surface area (TPSA) is 28.9 Å². The van der Waals surface area contributed by atoms with Crippen molar-refractivity contribution in [2.45, 2.75) is 44.9 Å². The van der Waals surface area contributed by atoms with Crippen LogP contribution in [0.2, 0.25) is 5.02 Å². The van der Waals surface area contributed by atoms with Crippen LogP contribution in [0.3, 0.4) is 0 Å². The van der Waals surface area contributed by atoms with E-state index in [1.807, 2.05) is 12.1 Å². The molecule has 0 aromatic heterocycles. The maximum atomic E-state index is 6.75. The molecule has 3 heterocycles. The number of benzene rings is 2. The summed E-state index contributed by atoms with van der Waals surface area (Å²) in [5.74, 6) is 1.03. The number of hydrogen-bond donors (Lipinski definition) is 2. The number of halogens is 1. The van der Waals surface area contributed by atoms with E-state index >= 15 is 0 Å². The van der Waals surface area contributed by atoms with Gasteiger partial charge in [-0.2, -0.15) is 5.01 Å². The molecule has 1 spiro atoms. The molecule has 0 saturated carbocycles. The van der Waals surface area contributed by atoms with E-state index in [0.29, 0.717) is 0 Å². The van der Waals surface area contributed by atoms with E-state index in [4.69, 9.17) is 16.3 Å². The lowest BCUT2D eigenvalue weighted by atomic mass is 9.92. The van der Waals surface area contributed by atoms with Gasteiger partial charge in [-0.05, 0) is 43.2 Å². The molecule has 1 fully saturated rings. The zero-order chi connectivity index (χ0) is 20.0. The summed E-state index contributed by atoms with van der Waals surface area (Å²) in [5.41, 5.74) is 8.21. The highest BCUT2D eigenvalue weighted by Crippen LogP contribution is 2.47. The van der Waals surface area contributed by atoms with Crippen molar-refractivity contribution in [3.63, 3.8) is 0 Å². The summed E-state index contributed by atoms with van der Waals surface area (Å²) in [6.07, 6.45) is 5.64. The number of nitrogens with one attached hydrogen (secondary N) is 2. The fourth-order valence-electron chi connectivity index (χ4n) is 5.03. The minimum Gasteiger partial charge on any atom is -0.470 e. The average Bonchev–Trinajstić information content (AvgIpc) is 3.18. The Balaban J connectivity index is 1.52. The minimum absolute atomic E-state index is 0.178. The van der Waals surface area contributed by atoms with Crippen LogP contribution in [0.1, 0.15) is 48.9 Å². The number of aryl methyl sites for hydroxylation is 1. The Hall–Kier alpha value is -2.01. The molecule has 2 aromatic carbocycles. The van der Waals surface area contributed by atoms with Gasteiger partial charge in [-0.3, -0.25) is 0 Å². The van der Waals surface area contributed by atoms with Gasteiger partial charge in [0, 0.05) is 10.6 Å². The van der Waals surface area contributed by atoms with Crippen molar-refractivity contribution in [3.8, 4) is 5.75 Å². The number of likely N-dealkylation sites (tertiary alicyclic amines) is 1. The highest BCUT2D eigenvalue weighted by atomic mass is 35.5. The Morgan fingerprint density at radius 3 is 2.66 bits per heavy atom. The minimum atomic E-state index is -0.297. The monoisotopic (exact) mass is 410 g/mol. The van der Waals surface area contributed by atoms with Crippen molar-refractivity contribution in [3.05, 3.63) is 70.3 Å². The zero-order valence-corrected chi connectivity index (χ0v) is 17.9. The number of hydrogen-bond acceptors (Lipinski definition) is 3. The van der Waals surface area contributed by atoms with Gasteiger partial charge in [0.2, 0.25) is 0 Å². The third-order valence-electron chi connectivity index (χ3n) is 6.56. The van der Waals surface area contributed by atoms with Crippen molar-refractivity contribution < 1.29 is 9.64 Å². The second-order valence-electron chi connectivity index (χ2n) is 8.60. The Kier molecular flexibility index (Phi) is 4.81. The number of nitrogens with zero attached hydrogens (tertiary/aromatic N) is 1. The molecule has 5 heteroatoms. The van der Waals surface area contributed by atoms with Crippen LogP contribution < -0.4 is 15.1 Å². The second kappa shape index (κ2) is 7.35. The van der Waals surface area contributed by atoms with E-state index in [1.165, 1.54) is 24.1 Å². The quantitative estimate of drug-likeness (QED) is 0.807. The summed E-state index contributed by atoms with van der Waals surface area (Å²) in [5, 5.41) is 3.14. The first kappa shape index (κ1) is 19.0. The van der Waals surface area contributed by atoms with Gasteiger partial charge in [0.1, 0.15) is 5.75 Å². The van der Waals surface area contributed by atoms with Gasteiger partial charge in [-0.25, -0.2) is 0 Å². The van der Waals surface area contributed by atoms with E-state index in [1.54, 1.807) is 4.90 Å². The normalized spacial score (nSPS) is 28.3. The molecule has 2 aromatic rings. The molecule has 5 rings (SSSR count). The first-order chi connectivity index (χ1) is 14.1. The maximum absolute atomic E-state index is 6.75. The van der Waals surface area contributed by atoms with Crippen LogP contribution >= 0.6 is 11.6 Å². The van der Waals surface area contributed by atoms with Crippen molar-refractivity contribution in [1.82, 2.24) is 10.4 Å². The van der Waals surface area contributed by atoms with Gasteiger partial charge in [-0.1, -0.05) is 48.4 Å². The second-order valence-corrected chi connectivity index (χ2v) is 9.04. The Morgan fingerprint density at radius 2 is 1.93 bits per heavy atom. The molecule has 0 amide bonds. The number of fused-ring (bicyclic) bond motifs is 4. The van der Waals surface area contributed by atoms with E-state index in [-0.39, 0.29) is 11.8 Å². The molecule has 2 N–H and O–H groups in total. The lowest BCUT2D eigenvalue weighted by Crippen LogP contribution is -3.14. The van der Waals surface area contributed by atoms with Crippen molar-refractivity contribution in [2.24, 2.45) is 0 Å². The van der Waals surface area contributed by atoms with E-state index in [9.17, 15) is 0 Å². The van der Waals surface area contributed by atoms with Gasteiger partial charge in [0.25, 0.3) is 0 Å². The zero-order valence-electron chi connectivity index (χ0n) is 17.2. The number of piperidine rings is 1. The molecule has 1 saturated heterocycles. The molecule has 3 aliphatic heterocycles. The molecular weight excluding hydrogens is 382 g/mol. The molecule has 1 atom stereocenters. The first-order valence-electron chi connectivity index (χ1n) is 10.7. The fraction of sp³-hybridized carbons (Fsp3) is 0.417. The molecule has 0 bridgehead atoms. The summed E-state index contributed by atoms with van der Waals surface area (Å²) >= 11 is 6.11. The smallest absolute Gasteiger partial charge is 0.191 e. The van der Waals surface area contributed by atoms with Gasteiger partial charge >= 0.3 is 0 Å². The first-order valence-corrected chi connectivity index (χ1v) is 11.1. The van der Waals surface area contributed by atoms with E-state index < -0.39 is 0 Å². The Bertz CT molecular complexity index is 932. The number of quaternary nitrogens is 1. The van der Waals surface area contributed by atoms with Gasteiger partial charge in [-0.15, -0.1) is 0 Å². The van der Waals surface area contributed by atoms with E-state index in [2.05, 4.69) is 60.7 Å². The standard InChI is InChI=1S/C24H28ClN3O/c1-3-12-27-13-10-24(11-14-27)28-22(20-15-17(2)4-9-23(20)29-24)16-21(26-28)18-5-7-19(25)8-6-18/h4-9,15-16,22,26H,3,10-14H2,1-2H3/p+1/t22-/m1/s1. The Labute approximate surface area is 178 Å². The highest BCUT2D eigenvalue weighted by molar-refractivity contribution is 6.30. The van der Waals surface area contributed by atoms with Crippen molar-refractivity contribution in [2.75, 3.05) is 19.6 Å². The summed E-state index contributed by atoms with van der Waals surface area (Å²) in [7, 11) is 0. The molecular formula is C24H29ClN3O+. The number of hydrazine groups is 1. The fourth-order valence-corrected chi connectivity index (χ4v) is 5.16. The predicted molar refractivity (Wildman–Crippen MR) is 117 cm³/mol. The molecule has 152 valence electrons. The summed E-state index contributed by atoms with van der Waals surface area (Å²) < 4.78 is 6.75. The van der Waals surface area contributed by atoms with Gasteiger partial charge in [0.05, 0.1) is 44.2 Å². The average molecular weight is 411 g/mol. The van der Waals surface area contributed by atoms with E-state index in [0.717, 1.165) is 48.0 Å². The predicted octanol–water partition coefficient (Wildman–Crippen LogP) is 3.73. The molecule has 3 aliphatic rings. The van der Waals surface area contributed by atoms with Crippen molar-refractivity contribution >= 4 is 17.3 Å². The molecule has 0 aliphatic carbocycles. The lowest BCUT2D eigenvalue weighted by Gasteiger charge is -2.50. The Morgan fingerprint density at radius 1 is 1.17 bits per heavy atom. The van der Waals surface area contributed by atoms with Crippen LogP contribution in [0, 0.1) is 6.92 Å². The van der Waals surface area contributed by atoms with Crippen molar-refractivity contribution in [1.29, 1.82) is 0 Å². The molecule has 0 radical (unpaired) electrons. The van der Waals surface area contributed by atoms with Crippen LogP contribution in [-0.4, -0.2) is 30.4 Å². The number of rotatable bonds is 3. The molecule has 0 unspecified atom stereocenters. The van der Waals surface area contributed by atoms with Crippen LogP contribution in [0.15, 0.2) is 48.5 Å². The molecule has 4 nitrogen and oxygen atoms in total. The highest BCUT2D eigenvalue weighted by Gasteiger charge is 2.52. The van der Waals surface area contributed by atoms with Crippen LogP contribution in [0.25, 0.3) is 5.70 Å². The summed E-state index contributed by atoms with van der Waals surface area (Å²) in [6, 6.07) is 14.8. The SMILES string of the molecule is CCC[NH+]1CCC2(CC1)Oc1ccc(C)cc1[C@H]1C=C(c3ccc(Cl)cc3)NN12. The number of ether oxygens (including phenoxy) is 1. The van der Waals surface area contributed by atoms with Crippen LogP contribution in [0.5, 0.6) is 5.75 Å². The third kappa shape index (κ3) is 3.33. The van der Waals surface area contributed by atoms with Gasteiger partial charge in [0.15, 0.2) is 5.72 Å². The molecule has 29 heavy (non-hydrogen) atoms. The summed E-state index contributed by atoms with van der Waals surface area (Å²) in [4.78, 5) is 1.69. The van der Waals surface area contributed by atoms with Crippen LogP contribution in [0.4, 0.5) is 0 Å². The largest absolute Gasteiger partial charge is 0.470 e. The maximum Gasteiger partial charge on any atom is 0.191 e. The summed E-state index contributed by atoms with van der Waals surface area (Å²) in [6.45, 7) is 7.96. The van der Waals surface area contributed by atoms with Gasteiger partial charge < -0.3 is 15.1 Å².